The number of fused-ring (bicyclic) bond motifs is 1. The fourth-order valence-corrected chi connectivity index (χ4v) is 4.69. The van der Waals surface area contributed by atoms with Gasteiger partial charge in [-0.15, -0.1) is 0 Å². The van der Waals surface area contributed by atoms with E-state index in [1.54, 1.807) is 23.1 Å². The number of para-hydroxylation sites is 1. The molecule has 0 unspecified atom stereocenters. The molecule has 2 aliphatic rings. The highest BCUT2D eigenvalue weighted by Crippen LogP contribution is 2.33. The van der Waals surface area contributed by atoms with Gasteiger partial charge in [0.25, 0.3) is 5.91 Å². The van der Waals surface area contributed by atoms with Crippen molar-refractivity contribution in [2.24, 2.45) is 5.92 Å². The molecule has 8 heteroatoms. The average molecular weight is 497 g/mol. The monoisotopic (exact) mass is 496 g/mol. The van der Waals surface area contributed by atoms with E-state index in [2.05, 4.69) is 11.8 Å². The minimum Gasteiger partial charge on any atom is -0.438 e. The highest BCUT2D eigenvalue weighted by atomic mass is 35.5. The van der Waals surface area contributed by atoms with E-state index < -0.39 is 0 Å². The van der Waals surface area contributed by atoms with Crippen LogP contribution in [0, 0.1) is 5.92 Å². The van der Waals surface area contributed by atoms with E-state index in [9.17, 15) is 4.79 Å². The van der Waals surface area contributed by atoms with Crippen molar-refractivity contribution in [2.75, 3.05) is 24.5 Å². The lowest BCUT2D eigenvalue weighted by Gasteiger charge is -2.33. The SMILES string of the molecule is CC1CCN(c2nc3c(c(Oc4ccccc4)n2)CN(C(=O)c2ccc(Cl)c(Cl)c2)CC3)CC1. The third-order valence-electron chi connectivity index (χ3n) is 6.49. The first-order valence-electron chi connectivity index (χ1n) is 11.6. The van der Waals surface area contributed by atoms with Gasteiger partial charge in [-0.2, -0.15) is 4.98 Å². The molecular weight excluding hydrogens is 471 g/mol. The summed E-state index contributed by atoms with van der Waals surface area (Å²) in [7, 11) is 0. The normalized spacial score (nSPS) is 16.3. The molecular formula is C26H26Cl2N4O2. The van der Waals surface area contributed by atoms with Crippen molar-refractivity contribution in [2.45, 2.75) is 32.7 Å². The van der Waals surface area contributed by atoms with Crippen LogP contribution < -0.4 is 9.64 Å². The maximum absolute atomic E-state index is 13.2. The van der Waals surface area contributed by atoms with E-state index in [1.165, 1.54) is 0 Å². The molecule has 3 heterocycles. The van der Waals surface area contributed by atoms with Gasteiger partial charge in [0, 0.05) is 31.6 Å². The summed E-state index contributed by atoms with van der Waals surface area (Å²) in [6.07, 6.45) is 2.88. The van der Waals surface area contributed by atoms with Crippen LogP contribution >= 0.6 is 23.2 Å². The van der Waals surface area contributed by atoms with Crippen LogP contribution in [0.15, 0.2) is 48.5 Å². The van der Waals surface area contributed by atoms with Gasteiger partial charge in [0.05, 0.1) is 27.8 Å². The molecule has 3 aromatic rings. The van der Waals surface area contributed by atoms with Crippen LogP contribution in [-0.4, -0.2) is 40.4 Å². The summed E-state index contributed by atoms with van der Waals surface area (Å²) in [5, 5.41) is 0.788. The summed E-state index contributed by atoms with van der Waals surface area (Å²) >= 11 is 12.2. The number of amides is 1. The molecule has 1 fully saturated rings. The smallest absolute Gasteiger partial charge is 0.254 e. The first-order valence-corrected chi connectivity index (χ1v) is 12.4. The number of rotatable bonds is 4. The topological polar surface area (TPSA) is 58.6 Å². The van der Waals surface area contributed by atoms with Crippen LogP contribution in [0.2, 0.25) is 10.0 Å². The molecule has 0 saturated carbocycles. The zero-order valence-corrected chi connectivity index (χ0v) is 20.5. The van der Waals surface area contributed by atoms with Crippen LogP contribution in [-0.2, 0) is 13.0 Å². The molecule has 5 rings (SSSR count). The van der Waals surface area contributed by atoms with Gasteiger partial charge in [0.15, 0.2) is 0 Å². The molecule has 2 aliphatic heterocycles. The van der Waals surface area contributed by atoms with Crippen LogP contribution in [0.5, 0.6) is 11.6 Å². The summed E-state index contributed by atoms with van der Waals surface area (Å²) < 4.78 is 6.24. The molecule has 0 spiro atoms. The molecule has 0 bridgehead atoms. The Morgan fingerprint density at radius 2 is 1.76 bits per heavy atom. The lowest BCUT2D eigenvalue weighted by molar-refractivity contribution is 0.0732. The number of carbonyl (C=O) groups is 1. The molecule has 34 heavy (non-hydrogen) atoms. The van der Waals surface area contributed by atoms with Crippen LogP contribution in [0.3, 0.4) is 0 Å². The van der Waals surface area contributed by atoms with Gasteiger partial charge in [0.1, 0.15) is 5.75 Å². The highest BCUT2D eigenvalue weighted by molar-refractivity contribution is 6.42. The number of nitrogens with zero attached hydrogens (tertiary/aromatic N) is 4. The van der Waals surface area contributed by atoms with Crippen LogP contribution in [0.1, 0.15) is 41.4 Å². The second-order valence-corrected chi connectivity index (χ2v) is 9.76. The second kappa shape index (κ2) is 9.80. The molecule has 2 aromatic carbocycles. The van der Waals surface area contributed by atoms with Gasteiger partial charge in [-0.3, -0.25) is 4.79 Å². The quantitative estimate of drug-likeness (QED) is 0.442. The molecule has 6 nitrogen and oxygen atoms in total. The Kier molecular flexibility index (Phi) is 6.61. The number of ether oxygens (including phenoxy) is 1. The second-order valence-electron chi connectivity index (χ2n) is 8.94. The summed E-state index contributed by atoms with van der Waals surface area (Å²) in [4.78, 5) is 27.0. The van der Waals surface area contributed by atoms with Gasteiger partial charge in [-0.25, -0.2) is 4.98 Å². The number of piperidine rings is 1. The Bertz CT molecular complexity index is 1200. The first-order chi connectivity index (χ1) is 16.5. The predicted molar refractivity (Wildman–Crippen MR) is 134 cm³/mol. The van der Waals surface area contributed by atoms with Crippen LogP contribution in [0.25, 0.3) is 0 Å². The Morgan fingerprint density at radius 3 is 2.50 bits per heavy atom. The van der Waals surface area contributed by atoms with Crippen molar-refractivity contribution < 1.29 is 9.53 Å². The number of benzene rings is 2. The standard InChI is InChI=1S/C26H26Cl2N4O2/c1-17-9-12-31(13-10-17)26-29-23-11-14-32(25(33)18-7-8-21(27)22(28)15-18)16-20(23)24(30-26)34-19-5-3-2-4-6-19/h2-8,15,17H,9-14,16H2,1H3. The molecule has 1 aromatic heterocycles. The van der Waals surface area contributed by atoms with E-state index in [4.69, 9.17) is 37.9 Å². The Morgan fingerprint density at radius 1 is 1.00 bits per heavy atom. The average Bonchev–Trinajstić information content (AvgIpc) is 2.86. The Hall–Kier alpha value is -2.83. The lowest BCUT2D eigenvalue weighted by Crippen LogP contribution is -2.38. The van der Waals surface area contributed by atoms with E-state index in [0.717, 1.165) is 43.1 Å². The van der Waals surface area contributed by atoms with Crippen molar-refractivity contribution in [1.29, 1.82) is 0 Å². The maximum Gasteiger partial charge on any atom is 0.254 e. The molecule has 0 atom stereocenters. The largest absolute Gasteiger partial charge is 0.438 e. The van der Waals surface area contributed by atoms with Gasteiger partial charge in [-0.1, -0.05) is 48.3 Å². The van der Waals surface area contributed by atoms with Crippen molar-refractivity contribution in [1.82, 2.24) is 14.9 Å². The molecule has 0 radical (unpaired) electrons. The fraction of sp³-hybridized carbons (Fsp3) is 0.346. The number of halogens is 2. The van der Waals surface area contributed by atoms with Gasteiger partial charge in [-0.05, 0) is 49.1 Å². The number of aromatic nitrogens is 2. The minimum absolute atomic E-state index is 0.107. The van der Waals surface area contributed by atoms with Crippen molar-refractivity contribution in [3.8, 4) is 11.6 Å². The summed E-state index contributed by atoms with van der Waals surface area (Å²) in [6.45, 7) is 5.09. The Balaban J connectivity index is 1.46. The zero-order chi connectivity index (χ0) is 23.7. The van der Waals surface area contributed by atoms with Crippen molar-refractivity contribution in [3.63, 3.8) is 0 Å². The van der Waals surface area contributed by atoms with E-state index >= 15 is 0 Å². The van der Waals surface area contributed by atoms with Gasteiger partial charge in [0.2, 0.25) is 11.8 Å². The van der Waals surface area contributed by atoms with E-state index in [0.29, 0.717) is 52.7 Å². The molecule has 1 saturated heterocycles. The third kappa shape index (κ3) is 4.84. The molecule has 1 amide bonds. The summed E-state index contributed by atoms with van der Waals surface area (Å²) in [5.41, 5.74) is 2.29. The van der Waals surface area contributed by atoms with E-state index in [1.807, 2.05) is 30.3 Å². The summed E-state index contributed by atoms with van der Waals surface area (Å²) in [6, 6.07) is 14.6. The number of carbonyl (C=O) groups excluding carboxylic acids is 1. The zero-order valence-electron chi connectivity index (χ0n) is 19.0. The fourth-order valence-electron chi connectivity index (χ4n) is 4.39. The van der Waals surface area contributed by atoms with E-state index in [-0.39, 0.29) is 5.91 Å². The predicted octanol–water partition coefficient (Wildman–Crippen LogP) is 6.01. The summed E-state index contributed by atoms with van der Waals surface area (Å²) in [5.74, 6) is 2.53. The maximum atomic E-state index is 13.2. The molecule has 0 N–H and O–H groups in total. The highest BCUT2D eigenvalue weighted by Gasteiger charge is 2.29. The first kappa shape index (κ1) is 22.9. The Labute approximate surface area is 209 Å². The number of hydrogen-bond donors (Lipinski definition) is 0. The number of hydrogen-bond acceptors (Lipinski definition) is 5. The van der Waals surface area contributed by atoms with Crippen LogP contribution in [0.4, 0.5) is 5.95 Å². The molecule has 176 valence electrons. The third-order valence-corrected chi connectivity index (χ3v) is 7.23. The van der Waals surface area contributed by atoms with Gasteiger partial charge >= 0.3 is 0 Å². The lowest BCUT2D eigenvalue weighted by atomic mass is 9.99. The number of anilines is 1. The molecule has 0 aliphatic carbocycles. The van der Waals surface area contributed by atoms with Crippen molar-refractivity contribution in [3.05, 3.63) is 75.4 Å². The minimum atomic E-state index is -0.107. The van der Waals surface area contributed by atoms with Gasteiger partial charge < -0.3 is 14.5 Å². The van der Waals surface area contributed by atoms with Crippen molar-refractivity contribution >= 4 is 35.1 Å².